The number of piperazine rings is 1. The van der Waals surface area contributed by atoms with Crippen molar-refractivity contribution in [2.75, 3.05) is 64.5 Å². The third kappa shape index (κ3) is 6.09. The minimum atomic E-state index is -0.745. The van der Waals surface area contributed by atoms with E-state index in [0.29, 0.717) is 50.6 Å². The molecule has 0 aromatic carbocycles. The van der Waals surface area contributed by atoms with Gasteiger partial charge >= 0.3 is 12.1 Å². The highest BCUT2D eigenvalue weighted by Gasteiger charge is 2.45. The molecule has 0 spiro atoms. The molecule has 39 heavy (non-hydrogen) atoms. The molecule has 0 aliphatic carbocycles. The fourth-order valence-corrected chi connectivity index (χ4v) is 5.84. The van der Waals surface area contributed by atoms with E-state index in [-0.39, 0.29) is 34.2 Å². The van der Waals surface area contributed by atoms with Crippen molar-refractivity contribution >= 4 is 34.4 Å². The number of amides is 1. The molecule has 2 aromatic heterocycles. The molecule has 0 radical (unpaired) electrons. The van der Waals surface area contributed by atoms with Crippen molar-refractivity contribution in [2.24, 2.45) is 0 Å². The molecule has 3 saturated heterocycles. The van der Waals surface area contributed by atoms with Crippen molar-refractivity contribution in [1.82, 2.24) is 24.8 Å². The molecule has 0 unspecified atom stereocenters. The lowest BCUT2D eigenvalue weighted by molar-refractivity contribution is 0.0987. The number of anilines is 1. The lowest BCUT2D eigenvalue weighted by Crippen LogP contribution is -2.49. The minimum absolute atomic E-state index is 0.00505. The molecule has 0 bridgehead atoms. The summed E-state index contributed by atoms with van der Waals surface area (Å²) in [5.41, 5.74) is -0.000538. The molecule has 2 aromatic rings. The molecule has 10 nitrogen and oxygen atoms in total. The van der Waals surface area contributed by atoms with E-state index in [9.17, 15) is 4.79 Å². The highest BCUT2D eigenvalue weighted by molar-refractivity contribution is 6.30. The summed E-state index contributed by atoms with van der Waals surface area (Å²) < 4.78 is 32.2. The molecule has 12 heteroatoms. The van der Waals surface area contributed by atoms with Crippen molar-refractivity contribution < 1.29 is 23.4 Å². The number of nitrogens with zero attached hydrogens (tertiary/aromatic N) is 6. The van der Waals surface area contributed by atoms with Crippen LogP contribution in [0.5, 0.6) is 11.9 Å². The second kappa shape index (κ2) is 13.1. The van der Waals surface area contributed by atoms with E-state index in [0.717, 1.165) is 51.6 Å². The molecule has 216 valence electrons. The van der Waals surface area contributed by atoms with Crippen LogP contribution in [0.2, 0.25) is 5.15 Å². The first-order chi connectivity index (χ1) is 19.0. The topological polar surface area (TPSA) is 93.2 Å². The maximum absolute atomic E-state index is 15.2. The Kier molecular flexibility index (Phi) is 9.87. The smallest absolute Gasteiger partial charge is 0.409 e. The van der Waals surface area contributed by atoms with Gasteiger partial charge in [-0.05, 0) is 45.2 Å². The summed E-state index contributed by atoms with van der Waals surface area (Å²) >= 11 is 6.08. The average molecular weight is 567 g/mol. The Hall–Kier alpha value is -2.66. The monoisotopic (exact) mass is 566 g/mol. The minimum Gasteiger partial charge on any atom is -0.480 e. The summed E-state index contributed by atoms with van der Waals surface area (Å²) in [6, 6.07) is 0.0975. The largest absolute Gasteiger partial charge is 0.480 e. The average Bonchev–Trinajstić information content (AvgIpc) is 3.55. The van der Waals surface area contributed by atoms with Crippen LogP contribution in [-0.4, -0.2) is 96.0 Å². The number of rotatable bonds is 8. The fourth-order valence-electron chi connectivity index (χ4n) is 5.67. The maximum Gasteiger partial charge on any atom is 0.409 e. The van der Waals surface area contributed by atoms with E-state index >= 15 is 4.39 Å². The van der Waals surface area contributed by atoms with E-state index in [1.807, 2.05) is 25.7 Å². The number of halogens is 2. The molecule has 0 saturated carbocycles. The lowest BCUT2D eigenvalue weighted by Gasteiger charge is -2.35. The third-order valence-corrected chi connectivity index (χ3v) is 7.96. The predicted molar refractivity (Wildman–Crippen MR) is 149 cm³/mol. The molecule has 5 rings (SSSR count). The standard InChI is InChI=1S/C25H34ClFN6O4.C2H6/c1-3-4-15-36-24(34)32-13-11-31(12-14-32)21-17-19(18(27)20(26)29-22(17)35-2)28-23(30-21)37-16-25-7-5-9-33(25)10-6-8-25;1-2/h3-16H2,1-2H3;1-2H3. The van der Waals surface area contributed by atoms with Crippen LogP contribution in [0.3, 0.4) is 0 Å². The van der Waals surface area contributed by atoms with Crippen LogP contribution in [0.15, 0.2) is 0 Å². The molecule has 0 N–H and O–H groups in total. The summed E-state index contributed by atoms with van der Waals surface area (Å²) in [4.78, 5) is 31.7. The number of carbonyl (C=O) groups is 1. The zero-order chi connectivity index (χ0) is 28.0. The first kappa shape index (κ1) is 29.3. The second-order valence-electron chi connectivity index (χ2n) is 9.93. The number of pyridine rings is 1. The van der Waals surface area contributed by atoms with E-state index in [2.05, 4.69) is 14.9 Å². The second-order valence-corrected chi connectivity index (χ2v) is 10.3. The molecule has 3 fully saturated rings. The van der Waals surface area contributed by atoms with Gasteiger partial charge < -0.3 is 24.0 Å². The number of unbranched alkanes of at least 4 members (excludes halogenated alkanes) is 1. The van der Waals surface area contributed by atoms with Crippen LogP contribution in [0.1, 0.15) is 59.3 Å². The normalized spacial score (nSPS) is 18.5. The van der Waals surface area contributed by atoms with Crippen LogP contribution >= 0.6 is 11.6 Å². The maximum atomic E-state index is 15.2. The van der Waals surface area contributed by atoms with Crippen molar-refractivity contribution in [3.05, 3.63) is 11.0 Å². The third-order valence-electron chi connectivity index (χ3n) is 7.71. The number of hydrogen-bond acceptors (Lipinski definition) is 9. The molecular weight excluding hydrogens is 527 g/mol. The van der Waals surface area contributed by atoms with E-state index in [1.165, 1.54) is 7.11 Å². The molecule has 1 amide bonds. The Morgan fingerprint density at radius 2 is 1.74 bits per heavy atom. The van der Waals surface area contributed by atoms with Crippen LogP contribution < -0.4 is 14.4 Å². The predicted octanol–water partition coefficient (Wildman–Crippen LogP) is 4.92. The molecule has 3 aliphatic rings. The van der Waals surface area contributed by atoms with Crippen LogP contribution in [0, 0.1) is 5.82 Å². The Bertz CT molecular complexity index is 1140. The molecule has 0 atom stereocenters. The highest BCUT2D eigenvalue weighted by atomic mass is 35.5. The number of aromatic nitrogens is 3. The number of methoxy groups -OCH3 is 1. The number of hydrogen-bond donors (Lipinski definition) is 0. The van der Waals surface area contributed by atoms with Gasteiger partial charge in [0, 0.05) is 26.2 Å². The summed E-state index contributed by atoms with van der Waals surface area (Å²) in [6.07, 6.45) is 5.91. The quantitative estimate of drug-likeness (QED) is 0.326. The van der Waals surface area contributed by atoms with Crippen LogP contribution in [0.25, 0.3) is 10.9 Å². The highest BCUT2D eigenvalue weighted by Crippen LogP contribution is 2.40. The van der Waals surface area contributed by atoms with Gasteiger partial charge in [0.2, 0.25) is 5.88 Å². The summed E-state index contributed by atoms with van der Waals surface area (Å²) in [7, 11) is 1.45. The fraction of sp³-hybridized carbons (Fsp3) is 0.704. The molecule has 5 heterocycles. The first-order valence-corrected chi connectivity index (χ1v) is 14.5. The van der Waals surface area contributed by atoms with Gasteiger partial charge in [-0.2, -0.15) is 15.0 Å². The van der Waals surface area contributed by atoms with Crippen molar-refractivity contribution in [3.8, 4) is 11.9 Å². The summed E-state index contributed by atoms with van der Waals surface area (Å²) in [5, 5.41) is 0.00759. The van der Waals surface area contributed by atoms with Gasteiger partial charge in [0.1, 0.15) is 23.3 Å². The van der Waals surface area contributed by atoms with Crippen molar-refractivity contribution in [2.45, 2.75) is 64.8 Å². The van der Waals surface area contributed by atoms with Gasteiger partial charge in [0.25, 0.3) is 0 Å². The van der Waals surface area contributed by atoms with Gasteiger partial charge in [0.15, 0.2) is 11.0 Å². The van der Waals surface area contributed by atoms with Crippen LogP contribution in [0.4, 0.5) is 15.0 Å². The Morgan fingerprint density at radius 1 is 1.05 bits per heavy atom. The Labute approximate surface area is 234 Å². The van der Waals surface area contributed by atoms with Gasteiger partial charge in [-0.1, -0.05) is 38.8 Å². The zero-order valence-corrected chi connectivity index (χ0v) is 24.2. The van der Waals surface area contributed by atoms with E-state index in [1.54, 1.807) is 4.90 Å². The lowest BCUT2D eigenvalue weighted by atomic mass is 9.95. The van der Waals surface area contributed by atoms with E-state index in [4.69, 9.17) is 30.8 Å². The van der Waals surface area contributed by atoms with Crippen LogP contribution in [-0.2, 0) is 4.74 Å². The van der Waals surface area contributed by atoms with Crippen molar-refractivity contribution in [1.29, 1.82) is 0 Å². The van der Waals surface area contributed by atoms with Gasteiger partial charge in [-0.15, -0.1) is 0 Å². The van der Waals surface area contributed by atoms with Gasteiger partial charge in [-0.25, -0.2) is 9.18 Å². The number of fused-ring (bicyclic) bond motifs is 2. The Balaban J connectivity index is 0.00000172. The Morgan fingerprint density at radius 3 is 2.38 bits per heavy atom. The number of carbonyl (C=O) groups excluding carboxylic acids is 1. The summed E-state index contributed by atoms with van der Waals surface area (Å²) in [5.74, 6) is -0.155. The number of ether oxygens (including phenoxy) is 3. The molecular formula is C27H40ClFN6O4. The summed E-state index contributed by atoms with van der Waals surface area (Å²) in [6.45, 7) is 10.9. The SMILES string of the molecule is CC.CCCCOC(=O)N1CCN(c2nc(OCC34CCCN3CCC4)nc3c(F)c(Cl)nc(OC)c23)CC1. The zero-order valence-electron chi connectivity index (χ0n) is 23.5. The van der Waals surface area contributed by atoms with Crippen molar-refractivity contribution in [3.63, 3.8) is 0 Å². The van der Waals surface area contributed by atoms with Gasteiger partial charge in [0.05, 0.1) is 19.3 Å². The molecule has 3 aliphatic heterocycles. The van der Waals surface area contributed by atoms with Gasteiger partial charge in [-0.3, -0.25) is 4.90 Å². The van der Waals surface area contributed by atoms with E-state index < -0.39 is 5.82 Å². The first-order valence-electron chi connectivity index (χ1n) is 14.1.